The number of hydrogen-bond acceptors (Lipinski definition) is 5. The number of nitrogens with zero attached hydrogens (tertiary/aromatic N) is 2. The van der Waals surface area contributed by atoms with Crippen molar-refractivity contribution >= 4 is 23.4 Å². The second-order valence-corrected chi connectivity index (χ2v) is 7.59. The molecule has 1 heterocycles. The van der Waals surface area contributed by atoms with Crippen LogP contribution in [0.15, 0.2) is 59.9 Å². The van der Waals surface area contributed by atoms with E-state index < -0.39 is 0 Å². The van der Waals surface area contributed by atoms with Crippen molar-refractivity contribution in [3.8, 4) is 34.2 Å². The quantitative estimate of drug-likeness (QED) is 0.390. The molecule has 6 heteroatoms. The van der Waals surface area contributed by atoms with E-state index in [1.807, 2.05) is 60.9 Å². The lowest BCUT2D eigenvalue weighted by molar-refractivity contribution is 0.420. The van der Waals surface area contributed by atoms with E-state index in [2.05, 4.69) is 17.6 Å². The van der Waals surface area contributed by atoms with Crippen LogP contribution in [-0.4, -0.2) is 26.9 Å². The fraction of sp³-hybridized carbons (Fsp3) is 0.174. The van der Waals surface area contributed by atoms with Crippen molar-refractivity contribution < 1.29 is 14.9 Å². The number of benzene rings is 3. The van der Waals surface area contributed by atoms with Gasteiger partial charge in [-0.3, -0.25) is 4.57 Å². The van der Waals surface area contributed by atoms with Crippen molar-refractivity contribution in [2.75, 3.05) is 7.11 Å². The minimum atomic E-state index is -0.0146. The molecule has 0 saturated heterocycles. The van der Waals surface area contributed by atoms with E-state index in [0.717, 1.165) is 27.8 Å². The lowest BCUT2D eigenvalue weighted by atomic mass is 9.97. The van der Waals surface area contributed by atoms with Crippen LogP contribution in [0.3, 0.4) is 0 Å². The zero-order valence-corrected chi connectivity index (χ0v) is 17.3. The summed E-state index contributed by atoms with van der Waals surface area (Å²) in [7, 11) is 1.65. The number of rotatable bonds is 4. The Morgan fingerprint density at radius 1 is 1.00 bits per heavy atom. The third-order valence-corrected chi connectivity index (χ3v) is 5.42. The average molecular weight is 407 g/mol. The van der Waals surface area contributed by atoms with Gasteiger partial charge in [0.15, 0.2) is 5.16 Å². The second-order valence-electron chi connectivity index (χ2n) is 7.19. The second kappa shape index (κ2) is 7.37. The molecule has 0 unspecified atom stereocenters. The average Bonchev–Trinajstić information content (AvgIpc) is 3.07. The third-order valence-electron chi connectivity index (χ3n) is 5.11. The first kappa shape index (κ1) is 19.2. The molecule has 0 aliphatic carbocycles. The van der Waals surface area contributed by atoms with Crippen LogP contribution >= 0.6 is 12.6 Å². The molecule has 0 amide bonds. The van der Waals surface area contributed by atoms with Gasteiger partial charge in [-0.15, -0.1) is 12.6 Å². The number of thiol groups is 1. The van der Waals surface area contributed by atoms with Crippen molar-refractivity contribution in [3.05, 3.63) is 60.3 Å². The standard InChI is InChI=1S/C23H22N2O3S/c1-13(2)16-10-17(21(27)11-20(16)26)19-12-24-23(29)25(19)18-8-4-7-15-14(18)6-5-9-22(15)28-3/h4-13,26-27H,1-3H3,(H,24,29). The van der Waals surface area contributed by atoms with E-state index in [-0.39, 0.29) is 17.4 Å². The van der Waals surface area contributed by atoms with Gasteiger partial charge in [0, 0.05) is 22.4 Å². The van der Waals surface area contributed by atoms with Crippen LogP contribution in [0.1, 0.15) is 25.3 Å². The molecular weight excluding hydrogens is 384 g/mol. The highest BCUT2D eigenvalue weighted by molar-refractivity contribution is 7.80. The lowest BCUT2D eigenvalue weighted by Crippen LogP contribution is -2.00. The summed E-state index contributed by atoms with van der Waals surface area (Å²) in [5.74, 6) is 0.942. The van der Waals surface area contributed by atoms with Crippen molar-refractivity contribution in [1.82, 2.24) is 9.55 Å². The summed E-state index contributed by atoms with van der Waals surface area (Å²) in [4.78, 5) is 4.38. The van der Waals surface area contributed by atoms with Crippen LogP contribution in [-0.2, 0) is 0 Å². The first-order valence-corrected chi connectivity index (χ1v) is 9.76. The van der Waals surface area contributed by atoms with Gasteiger partial charge >= 0.3 is 0 Å². The number of methoxy groups -OCH3 is 1. The van der Waals surface area contributed by atoms with Gasteiger partial charge in [-0.05, 0) is 29.7 Å². The molecule has 0 atom stereocenters. The normalized spacial score (nSPS) is 11.3. The molecule has 5 nitrogen and oxygen atoms in total. The minimum Gasteiger partial charge on any atom is -0.508 e. The number of ether oxygens (including phenoxy) is 1. The molecule has 4 rings (SSSR count). The minimum absolute atomic E-state index is 0.0146. The van der Waals surface area contributed by atoms with Crippen molar-refractivity contribution in [2.24, 2.45) is 0 Å². The highest BCUT2D eigenvalue weighted by Gasteiger charge is 2.19. The topological polar surface area (TPSA) is 67.5 Å². The maximum absolute atomic E-state index is 10.6. The number of aromatic hydroxyl groups is 2. The molecule has 0 bridgehead atoms. The number of phenols is 2. The van der Waals surface area contributed by atoms with E-state index in [1.54, 1.807) is 13.3 Å². The predicted octanol–water partition coefficient (Wildman–Crippen LogP) is 5.52. The monoisotopic (exact) mass is 406 g/mol. The molecule has 1 aromatic heterocycles. The molecule has 2 N–H and O–H groups in total. The fourth-order valence-electron chi connectivity index (χ4n) is 3.67. The third kappa shape index (κ3) is 3.19. The molecular formula is C23H22N2O3S. The summed E-state index contributed by atoms with van der Waals surface area (Å²) < 4.78 is 7.40. The fourth-order valence-corrected chi connectivity index (χ4v) is 3.94. The maximum atomic E-state index is 10.6. The van der Waals surface area contributed by atoms with E-state index in [4.69, 9.17) is 4.74 Å². The molecule has 0 aliphatic rings. The molecule has 3 aromatic carbocycles. The highest BCUT2D eigenvalue weighted by atomic mass is 32.1. The molecule has 4 aromatic rings. The van der Waals surface area contributed by atoms with Crippen LogP contribution in [0.4, 0.5) is 0 Å². The van der Waals surface area contributed by atoms with Gasteiger partial charge < -0.3 is 14.9 Å². The zero-order chi connectivity index (χ0) is 20.7. The SMILES string of the molecule is COc1cccc2c(-n3c(-c4cc(C(C)C)c(O)cc4O)cnc3S)cccc12. The highest BCUT2D eigenvalue weighted by Crippen LogP contribution is 2.40. The van der Waals surface area contributed by atoms with Crippen LogP contribution in [0.25, 0.3) is 27.7 Å². The van der Waals surface area contributed by atoms with Crippen LogP contribution in [0.2, 0.25) is 0 Å². The molecule has 0 radical (unpaired) electrons. The number of imidazole rings is 1. The summed E-state index contributed by atoms with van der Waals surface area (Å²) >= 11 is 4.57. The molecule has 0 saturated carbocycles. The number of phenolic OH excluding ortho intramolecular Hbond substituents is 2. The first-order valence-electron chi connectivity index (χ1n) is 9.31. The molecule has 0 spiro atoms. The summed E-state index contributed by atoms with van der Waals surface area (Å²) in [6.07, 6.45) is 1.68. The zero-order valence-electron chi connectivity index (χ0n) is 16.4. The summed E-state index contributed by atoms with van der Waals surface area (Å²) in [6.45, 7) is 3.99. The van der Waals surface area contributed by atoms with E-state index in [1.165, 1.54) is 6.07 Å². The Hall–Kier alpha value is -3.12. The van der Waals surface area contributed by atoms with Crippen LogP contribution in [0, 0.1) is 0 Å². The summed E-state index contributed by atoms with van der Waals surface area (Å²) in [5.41, 5.74) is 2.90. The Bertz CT molecular complexity index is 1210. The van der Waals surface area contributed by atoms with Gasteiger partial charge in [-0.2, -0.15) is 0 Å². The predicted molar refractivity (Wildman–Crippen MR) is 118 cm³/mol. The van der Waals surface area contributed by atoms with E-state index in [0.29, 0.717) is 16.4 Å². The van der Waals surface area contributed by atoms with Crippen molar-refractivity contribution in [3.63, 3.8) is 0 Å². The van der Waals surface area contributed by atoms with Gasteiger partial charge in [0.25, 0.3) is 0 Å². The van der Waals surface area contributed by atoms with Crippen molar-refractivity contribution in [1.29, 1.82) is 0 Å². The van der Waals surface area contributed by atoms with Crippen LogP contribution < -0.4 is 4.74 Å². The van der Waals surface area contributed by atoms with Gasteiger partial charge in [0.1, 0.15) is 17.2 Å². The smallest absolute Gasteiger partial charge is 0.169 e. The van der Waals surface area contributed by atoms with E-state index in [9.17, 15) is 10.2 Å². The first-order chi connectivity index (χ1) is 13.9. The number of hydrogen-bond donors (Lipinski definition) is 3. The Labute approximate surface area is 174 Å². The molecule has 29 heavy (non-hydrogen) atoms. The van der Waals surface area contributed by atoms with Gasteiger partial charge in [-0.1, -0.05) is 38.1 Å². The van der Waals surface area contributed by atoms with Crippen LogP contribution in [0.5, 0.6) is 17.2 Å². The lowest BCUT2D eigenvalue weighted by Gasteiger charge is -2.17. The molecule has 148 valence electrons. The largest absolute Gasteiger partial charge is 0.508 e. The Balaban J connectivity index is 2.01. The maximum Gasteiger partial charge on any atom is 0.169 e. The summed E-state index contributed by atoms with van der Waals surface area (Å²) in [6, 6.07) is 15.0. The number of fused-ring (bicyclic) bond motifs is 1. The number of aromatic nitrogens is 2. The molecule has 0 aliphatic heterocycles. The van der Waals surface area contributed by atoms with Gasteiger partial charge in [-0.25, -0.2) is 4.98 Å². The Kier molecular flexibility index (Phi) is 4.88. The molecule has 0 fully saturated rings. The Morgan fingerprint density at radius 2 is 1.72 bits per heavy atom. The Morgan fingerprint density at radius 3 is 2.45 bits per heavy atom. The van der Waals surface area contributed by atoms with Gasteiger partial charge in [0.2, 0.25) is 0 Å². The van der Waals surface area contributed by atoms with Crippen molar-refractivity contribution in [2.45, 2.75) is 24.9 Å². The van der Waals surface area contributed by atoms with Gasteiger partial charge in [0.05, 0.1) is 24.7 Å². The van der Waals surface area contributed by atoms with E-state index >= 15 is 0 Å². The summed E-state index contributed by atoms with van der Waals surface area (Å²) in [5, 5.41) is 23.2.